The molecule has 0 atom stereocenters. The Morgan fingerprint density at radius 2 is 1.05 bits per heavy atom. The van der Waals surface area contributed by atoms with Crippen LogP contribution in [-0.4, -0.2) is 24.2 Å². The van der Waals surface area contributed by atoms with Gasteiger partial charge in [-0.05, 0) is 40.4 Å². The molecule has 2 nitrogen and oxygen atoms in total. The summed E-state index contributed by atoms with van der Waals surface area (Å²) in [5.41, 5.74) is -0.0615. The molecule has 0 saturated heterocycles. The topological polar surface area (TPSA) is 21.6 Å². The van der Waals surface area contributed by atoms with Gasteiger partial charge in [0.15, 0.2) is 8.32 Å². The lowest BCUT2D eigenvalue weighted by atomic mass is 10.1. The van der Waals surface area contributed by atoms with Gasteiger partial charge in [0.1, 0.15) is 0 Å². The monoisotopic (exact) mass is 305 g/mol. The van der Waals surface area contributed by atoms with Crippen LogP contribution in [0.5, 0.6) is 0 Å². The molecule has 0 unspecified atom stereocenters. The normalized spacial score (nSPS) is 15.6. The van der Waals surface area contributed by atoms with E-state index < -0.39 is 15.6 Å². The molecule has 0 aromatic heterocycles. The van der Waals surface area contributed by atoms with Gasteiger partial charge in [0.05, 0.1) is 12.8 Å². The summed E-state index contributed by atoms with van der Waals surface area (Å²) in [6, 6.07) is 0. The lowest BCUT2D eigenvalue weighted by Crippen LogP contribution is -2.38. The summed E-state index contributed by atoms with van der Waals surface area (Å²) in [6.45, 7) is 27.1. The van der Waals surface area contributed by atoms with Crippen LogP contribution in [0.3, 0.4) is 0 Å². The van der Waals surface area contributed by atoms with Crippen molar-refractivity contribution in [3.05, 3.63) is 0 Å². The molecule has 0 aliphatic carbocycles. The van der Waals surface area contributed by atoms with E-state index in [-0.39, 0.29) is 15.9 Å². The van der Waals surface area contributed by atoms with Crippen LogP contribution in [0, 0.1) is 0 Å². The first-order valence-electron chi connectivity index (χ1n) is 7.26. The summed E-state index contributed by atoms with van der Waals surface area (Å²) >= 11 is 0. The van der Waals surface area contributed by atoms with Gasteiger partial charge in [-0.15, -0.1) is 0 Å². The highest BCUT2D eigenvalue weighted by Gasteiger charge is 2.47. The summed E-state index contributed by atoms with van der Waals surface area (Å²) in [5.74, 6) is 0. The maximum atomic E-state index is 6.81. The van der Waals surface area contributed by atoms with Crippen molar-refractivity contribution in [1.82, 2.24) is 0 Å². The van der Waals surface area contributed by atoms with E-state index in [4.69, 9.17) is 8.96 Å². The van der Waals surface area contributed by atoms with Gasteiger partial charge in [-0.3, -0.25) is 4.74 Å². The number of rotatable bonds is 2. The molecule has 0 bridgehead atoms. The minimum Gasteiger partial charge on any atom is -0.384 e. The molecule has 116 valence electrons. The van der Waals surface area contributed by atoms with Gasteiger partial charge in [-0.1, -0.05) is 41.5 Å². The molecule has 0 N–H and O–H groups in total. The molecule has 0 heterocycles. The van der Waals surface area contributed by atoms with Crippen molar-refractivity contribution in [3.8, 4) is 0 Å². The van der Waals surface area contributed by atoms with Gasteiger partial charge in [-0.2, -0.15) is 0 Å². The van der Waals surface area contributed by atoms with Crippen molar-refractivity contribution in [3.63, 3.8) is 0 Å². The van der Waals surface area contributed by atoms with Crippen molar-refractivity contribution < 1.29 is 4.21 Å². The van der Waals surface area contributed by atoms with E-state index in [0.717, 1.165) is 0 Å². The van der Waals surface area contributed by atoms with Crippen molar-refractivity contribution >= 4 is 15.6 Å². The maximum absolute atomic E-state index is 6.81. The molecule has 0 aliphatic rings. The Hall–Kier alpha value is 0.407. The summed E-state index contributed by atoms with van der Waals surface area (Å²) in [5, 5.41) is 0.137. The van der Waals surface area contributed by atoms with Crippen LogP contribution in [0.1, 0.15) is 62.3 Å². The Bertz CT molecular complexity index is 344. The Morgan fingerprint density at radius 1 is 0.737 bits per heavy atom. The zero-order valence-electron chi connectivity index (χ0n) is 15.3. The third kappa shape index (κ3) is 5.36. The van der Waals surface area contributed by atoms with Crippen LogP contribution in [0.25, 0.3) is 0 Å². The molecule has 0 amide bonds. The molecule has 0 rings (SSSR count). The second-order valence-electron chi connectivity index (χ2n) is 9.39. The van der Waals surface area contributed by atoms with Crippen LogP contribution < -0.4 is 0 Å². The molecule has 19 heavy (non-hydrogen) atoms. The Labute approximate surface area is 123 Å². The van der Waals surface area contributed by atoms with Gasteiger partial charge >= 0.3 is 0 Å². The summed E-state index contributed by atoms with van der Waals surface area (Å²) < 4.78 is 12.1. The van der Waals surface area contributed by atoms with Gasteiger partial charge in [-0.25, -0.2) is 0 Å². The van der Waals surface area contributed by atoms with Crippen LogP contribution in [-0.2, 0) is 4.21 Å². The minimum absolute atomic E-state index is 0.0615. The molecule has 0 radical (unpaired) electrons. The highest BCUT2D eigenvalue weighted by molar-refractivity contribution is 7.66. The fourth-order valence-corrected chi connectivity index (χ4v) is 11.4. The standard InChI is InChI=1S/C15H36NOPSi/c1-13(2,3)16-18(14(4,5)6,15(7,8)9)17-19(10,11)12/h1-12H3. The van der Waals surface area contributed by atoms with E-state index in [1.54, 1.807) is 0 Å². The lowest BCUT2D eigenvalue weighted by molar-refractivity contribution is 0.491. The van der Waals surface area contributed by atoms with E-state index in [2.05, 4.69) is 82.0 Å². The first-order chi connectivity index (χ1) is 7.91. The average molecular weight is 306 g/mol. The van der Waals surface area contributed by atoms with E-state index >= 15 is 0 Å². The molecule has 0 saturated carbocycles. The van der Waals surface area contributed by atoms with Crippen LogP contribution >= 0.6 is 7.28 Å². The quantitative estimate of drug-likeness (QED) is 0.430. The zero-order valence-corrected chi connectivity index (χ0v) is 17.2. The maximum Gasteiger partial charge on any atom is 0.190 e. The van der Waals surface area contributed by atoms with E-state index in [9.17, 15) is 0 Å². The molecular formula is C15H36NOPSi. The second-order valence-corrected chi connectivity index (χ2v) is 18.4. The van der Waals surface area contributed by atoms with Gasteiger partial charge < -0.3 is 4.21 Å². The van der Waals surface area contributed by atoms with Crippen molar-refractivity contribution in [2.24, 2.45) is 4.74 Å². The Morgan fingerprint density at radius 3 is 1.21 bits per heavy atom. The fraction of sp³-hybridized carbons (Fsp3) is 1.00. The predicted molar refractivity (Wildman–Crippen MR) is 93.0 cm³/mol. The number of hydrogen-bond donors (Lipinski definition) is 0. The fourth-order valence-electron chi connectivity index (χ4n) is 2.42. The molecule has 0 aromatic carbocycles. The highest BCUT2D eigenvalue weighted by Crippen LogP contribution is 2.72. The number of hydrogen-bond acceptors (Lipinski definition) is 2. The van der Waals surface area contributed by atoms with Crippen molar-refractivity contribution in [1.29, 1.82) is 0 Å². The SMILES string of the molecule is CC(C)(C)N=P(O[Si](C)(C)C)(C(C)(C)C)C(C)(C)C. The summed E-state index contributed by atoms with van der Waals surface area (Å²) in [4.78, 5) is 0. The van der Waals surface area contributed by atoms with Gasteiger partial charge in [0.2, 0.25) is 0 Å². The largest absolute Gasteiger partial charge is 0.384 e. The summed E-state index contributed by atoms with van der Waals surface area (Å²) in [7, 11) is -3.58. The molecular weight excluding hydrogens is 269 g/mol. The third-order valence-corrected chi connectivity index (χ3v) is 10.4. The Balaban J connectivity index is 6.33. The van der Waals surface area contributed by atoms with Crippen molar-refractivity contribution in [2.75, 3.05) is 0 Å². The van der Waals surface area contributed by atoms with Gasteiger partial charge in [0.25, 0.3) is 0 Å². The number of nitrogens with zero attached hydrogens (tertiary/aromatic N) is 1. The Kier molecular flexibility index (Phi) is 5.42. The third-order valence-electron chi connectivity index (χ3n) is 2.67. The molecule has 4 heteroatoms. The molecule has 0 spiro atoms. The smallest absolute Gasteiger partial charge is 0.190 e. The minimum atomic E-state index is -1.92. The molecule has 0 fully saturated rings. The molecule has 0 aromatic rings. The second kappa shape index (κ2) is 5.31. The first-order valence-corrected chi connectivity index (χ1v) is 12.3. The first kappa shape index (κ1) is 19.4. The zero-order chi connectivity index (χ0) is 15.9. The summed E-state index contributed by atoms with van der Waals surface area (Å²) in [6.07, 6.45) is 0. The highest BCUT2D eigenvalue weighted by atomic mass is 31.2. The van der Waals surface area contributed by atoms with Crippen molar-refractivity contribution in [2.45, 2.75) is 97.8 Å². The lowest BCUT2D eigenvalue weighted by Gasteiger charge is -2.50. The molecule has 0 aliphatic heterocycles. The average Bonchev–Trinajstić information content (AvgIpc) is 1.91. The van der Waals surface area contributed by atoms with E-state index in [0.29, 0.717) is 0 Å². The predicted octanol–water partition coefficient (Wildman–Crippen LogP) is 6.35. The van der Waals surface area contributed by atoms with Crippen LogP contribution in [0.4, 0.5) is 0 Å². The van der Waals surface area contributed by atoms with E-state index in [1.165, 1.54) is 0 Å². The van der Waals surface area contributed by atoms with Crippen LogP contribution in [0.15, 0.2) is 4.74 Å². The van der Waals surface area contributed by atoms with Crippen LogP contribution in [0.2, 0.25) is 19.6 Å². The van der Waals surface area contributed by atoms with E-state index in [1.807, 2.05) is 0 Å². The van der Waals surface area contributed by atoms with Gasteiger partial charge in [0, 0.05) is 10.3 Å².